The molecule has 150 valence electrons. The molecule has 2 fully saturated rings. The van der Waals surface area contributed by atoms with Gasteiger partial charge in [-0.2, -0.15) is 0 Å². The van der Waals surface area contributed by atoms with E-state index in [4.69, 9.17) is 11.6 Å². The highest BCUT2D eigenvalue weighted by Gasteiger charge is 2.39. The van der Waals surface area contributed by atoms with Crippen LogP contribution >= 0.6 is 22.9 Å². The Labute approximate surface area is 175 Å². The number of carbonyl (C=O) groups excluding carboxylic acids is 1. The lowest BCUT2D eigenvalue weighted by Gasteiger charge is -2.38. The van der Waals surface area contributed by atoms with Crippen LogP contribution in [0.2, 0.25) is 5.02 Å². The maximum absolute atomic E-state index is 12.7. The normalized spacial score (nSPS) is 24.0. The molecule has 0 spiro atoms. The molecular weight excluding hydrogens is 394 g/mol. The molecule has 2 aromatic rings. The van der Waals surface area contributed by atoms with E-state index in [0.717, 1.165) is 47.5 Å². The average molecular weight is 420 g/mol. The summed E-state index contributed by atoms with van der Waals surface area (Å²) in [5, 5.41) is 11.3. The zero-order valence-electron chi connectivity index (χ0n) is 16.1. The van der Waals surface area contributed by atoms with Crippen LogP contribution in [0.25, 0.3) is 0 Å². The highest BCUT2D eigenvalue weighted by atomic mass is 35.5. The van der Waals surface area contributed by atoms with Crippen LogP contribution in [0.1, 0.15) is 20.1 Å². The molecule has 0 bridgehead atoms. The zero-order valence-corrected chi connectivity index (χ0v) is 17.6. The Kier molecular flexibility index (Phi) is 6.04. The smallest absolute Gasteiger partial charge is 0.264 e. The minimum Gasteiger partial charge on any atom is -0.390 e. The third-order valence-corrected chi connectivity index (χ3v) is 6.93. The molecule has 2 atom stereocenters. The second kappa shape index (κ2) is 8.51. The molecule has 2 aliphatic rings. The van der Waals surface area contributed by atoms with Crippen molar-refractivity contribution >= 4 is 28.8 Å². The highest BCUT2D eigenvalue weighted by molar-refractivity contribution is 7.13. The summed E-state index contributed by atoms with van der Waals surface area (Å²) in [6.07, 6.45) is -0.479. The predicted octanol–water partition coefficient (Wildman–Crippen LogP) is 2.71. The van der Waals surface area contributed by atoms with Gasteiger partial charge in [0.05, 0.1) is 17.0 Å². The molecule has 0 unspecified atom stereocenters. The molecular formula is C21H26ClN3O2S. The number of aliphatic hydroxyl groups excluding tert-OH is 1. The topological polar surface area (TPSA) is 47.0 Å². The Morgan fingerprint density at radius 3 is 2.46 bits per heavy atom. The van der Waals surface area contributed by atoms with Crippen molar-refractivity contribution < 1.29 is 9.90 Å². The van der Waals surface area contributed by atoms with Gasteiger partial charge in [0.15, 0.2) is 0 Å². The summed E-state index contributed by atoms with van der Waals surface area (Å²) in [6.45, 7) is 7.70. The van der Waals surface area contributed by atoms with E-state index < -0.39 is 6.10 Å². The van der Waals surface area contributed by atoms with E-state index in [2.05, 4.69) is 21.9 Å². The number of halogens is 1. The lowest BCUT2D eigenvalue weighted by molar-refractivity contribution is 0.0423. The number of piperazine rings is 1. The van der Waals surface area contributed by atoms with Crippen LogP contribution in [0.3, 0.4) is 0 Å². The minimum absolute atomic E-state index is 0.0303. The van der Waals surface area contributed by atoms with Gasteiger partial charge in [0.1, 0.15) is 0 Å². The number of nitrogens with zero attached hydrogens (tertiary/aromatic N) is 3. The van der Waals surface area contributed by atoms with Gasteiger partial charge < -0.3 is 10.0 Å². The summed E-state index contributed by atoms with van der Waals surface area (Å²) in [5.74, 6) is 0.0426. The summed E-state index contributed by atoms with van der Waals surface area (Å²) in [4.78, 5) is 21.2. The van der Waals surface area contributed by atoms with Crippen LogP contribution in [-0.2, 0) is 6.54 Å². The first-order valence-electron chi connectivity index (χ1n) is 9.74. The molecule has 1 aromatic heterocycles. The molecule has 28 heavy (non-hydrogen) atoms. The van der Waals surface area contributed by atoms with Crippen LogP contribution in [0.5, 0.6) is 0 Å². The van der Waals surface area contributed by atoms with E-state index in [1.165, 1.54) is 16.9 Å². The van der Waals surface area contributed by atoms with Crippen molar-refractivity contribution in [3.63, 3.8) is 0 Å². The summed E-state index contributed by atoms with van der Waals surface area (Å²) in [7, 11) is 0. The van der Waals surface area contributed by atoms with E-state index >= 15 is 0 Å². The largest absolute Gasteiger partial charge is 0.390 e. The zero-order chi connectivity index (χ0) is 19.7. The van der Waals surface area contributed by atoms with Gasteiger partial charge in [-0.15, -0.1) is 11.3 Å². The molecule has 0 aliphatic carbocycles. The van der Waals surface area contributed by atoms with Gasteiger partial charge in [-0.3, -0.25) is 14.6 Å². The number of benzene rings is 1. The number of hydrogen-bond donors (Lipinski definition) is 1. The Hall–Kier alpha value is -1.44. The van der Waals surface area contributed by atoms with Gasteiger partial charge in [0, 0.05) is 55.7 Å². The van der Waals surface area contributed by atoms with Crippen LogP contribution in [0.4, 0.5) is 0 Å². The van der Waals surface area contributed by atoms with Crippen molar-refractivity contribution in [2.24, 2.45) is 0 Å². The van der Waals surface area contributed by atoms with Gasteiger partial charge in [0.25, 0.3) is 5.91 Å². The Bertz CT molecular complexity index is 817. The summed E-state index contributed by atoms with van der Waals surface area (Å²) in [5.41, 5.74) is 1.27. The molecule has 2 saturated heterocycles. The molecule has 4 rings (SSSR count). The van der Waals surface area contributed by atoms with Crippen molar-refractivity contribution in [3.05, 3.63) is 56.7 Å². The SMILES string of the molecule is Cc1ccc(C(=O)N2C[C@H](O)[C@@H](N3CCN(Cc4ccc(Cl)cc4)CC3)C2)s1. The standard InChI is InChI=1S/C21H26ClN3O2S/c1-15-2-7-20(28-15)21(27)25-13-18(19(26)14-25)24-10-8-23(9-11-24)12-16-3-5-17(22)6-4-16/h2-7,18-19,26H,8-14H2,1H3/t18-,19-/m0/s1. The van der Waals surface area contributed by atoms with Crippen molar-refractivity contribution in [2.45, 2.75) is 25.6 Å². The number of rotatable bonds is 4. The number of carbonyl (C=O) groups is 1. The predicted molar refractivity (Wildman–Crippen MR) is 113 cm³/mol. The number of aliphatic hydroxyl groups is 1. The molecule has 5 nitrogen and oxygen atoms in total. The molecule has 0 radical (unpaired) electrons. The van der Waals surface area contributed by atoms with Crippen LogP contribution in [0, 0.1) is 6.92 Å². The van der Waals surface area contributed by atoms with Gasteiger partial charge >= 0.3 is 0 Å². The molecule has 3 heterocycles. The van der Waals surface area contributed by atoms with E-state index in [0.29, 0.717) is 13.1 Å². The summed E-state index contributed by atoms with van der Waals surface area (Å²) >= 11 is 7.48. The average Bonchev–Trinajstić information content (AvgIpc) is 3.30. The van der Waals surface area contributed by atoms with Crippen LogP contribution in [-0.4, -0.2) is 77.1 Å². The second-order valence-electron chi connectivity index (χ2n) is 7.69. The molecule has 1 N–H and O–H groups in total. The monoisotopic (exact) mass is 419 g/mol. The first kappa shape index (κ1) is 19.9. The Balaban J connectivity index is 1.30. The number of β-amino-alcohol motifs (C(OH)–C–C–N with tert-alkyl or cyclic N) is 1. The highest BCUT2D eigenvalue weighted by Crippen LogP contribution is 2.23. The first-order chi connectivity index (χ1) is 13.5. The van der Waals surface area contributed by atoms with E-state index in [1.807, 2.05) is 31.2 Å². The molecule has 7 heteroatoms. The third-order valence-electron chi connectivity index (χ3n) is 5.69. The van der Waals surface area contributed by atoms with Crippen LogP contribution < -0.4 is 0 Å². The van der Waals surface area contributed by atoms with E-state index in [1.54, 1.807) is 4.90 Å². The quantitative estimate of drug-likeness (QED) is 0.827. The summed E-state index contributed by atoms with van der Waals surface area (Å²) < 4.78 is 0. The van der Waals surface area contributed by atoms with Crippen molar-refractivity contribution in [3.8, 4) is 0 Å². The maximum Gasteiger partial charge on any atom is 0.264 e. The molecule has 2 aliphatic heterocycles. The van der Waals surface area contributed by atoms with Gasteiger partial charge in [0.2, 0.25) is 0 Å². The number of hydrogen-bond acceptors (Lipinski definition) is 5. The maximum atomic E-state index is 12.7. The van der Waals surface area contributed by atoms with Crippen molar-refractivity contribution in [1.82, 2.24) is 14.7 Å². The van der Waals surface area contributed by atoms with Gasteiger partial charge in [-0.05, 0) is 36.8 Å². The van der Waals surface area contributed by atoms with Gasteiger partial charge in [-0.1, -0.05) is 23.7 Å². The molecule has 1 aromatic carbocycles. The number of aryl methyl sites for hydroxylation is 1. The van der Waals surface area contributed by atoms with E-state index in [-0.39, 0.29) is 11.9 Å². The fraction of sp³-hybridized carbons (Fsp3) is 0.476. The Morgan fingerprint density at radius 2 is 1.82 bits per heavy atom. The second-order valence-corrected chi connectivity index (χ2v) is 9.42. The fourth-order valence-corrected chi connectivity index (χ4v) is 5.06. The minimum atomic E-state index is -0.479. The lowest BCUT2D eigenvalue weighted by atomic mass is 10.1. The fourth-order valence-electron chi connectivity index (χ4n) is 4.10. The molecule has 0 saturated carbocycles. The molecule has 1 amide bonds. The number of likely N-dealkylation sites (tertiary alicyclic amines) is 1. The third kappa shape index (κ3) is 4.42. The number of thiophene rings is 1. The lowest BCUT2D eigenvalue weighted by Crippen LogP contribution is -2.53. The van der Waals surface area contributed by atoms with Gasteiger partial charge in [-0.25, -0.2) is 0 Å². The van der Waals surface area contributed by atoms with Crippen molar-refractivity contribution in [2.75, 3.05) is 39.3 Å². The first-order valence-corrected chi connectivity index (χ1v) is 10.9. The van der Waals surface area contributed by atoms with Crippen molar-refractivity contribution in [1.29, 1.82) is 0 Å². The van der Waals surface area contributed by atoms with E-state index in [9.17, 15) is 9.90 Å². The number of amides is 1. The van der Waals surface area contributed by atoms with Crippen LogP contribution in [0.15, 0.2) is 36.4 Å². The summed E-state index contributed by atoms with van der Waals surface area (Å²) in [6, 6.07) is 11.9. The Morgan fingerprint density at radius 1 is 1.11 bits per heavy atom.